The van der Waals surface area contributed by atoms with Crippen molar-refractivity contribution in [3.05, 3.63) is 49.1 Å². The average molecular weight is 1030 g/mol. The molecule has 0 aliphatic rings. The predicted octanol–water partition coefficient (Wildman–Crippen LogP) is 17.3. The van der Waals surface area contributed by atoms with Crippen LogP contribution in [0.3, 0.4) is 0 Å². The van der Waals surface area contributed by atoms with Crippen molar-refractivity contribution in [1.29, 1.82) is 2.90 Å². The summed E-state index contributed by atoms with van der Waals surface area (Å²) in [5.74, 6) is 0. The van der Waals surface area contributed by atoms with Gasteiger partial charge in [-0.25, -0.2) is 9.13 Å². The third-order valence-electron chi connectivity index (χ3n) is 10.7. The molecule has 2 aromatic rings. The van der Waals surface area contributed by atoms with Crippen molar-refractivity contribution >= 4 is 62.0 Å². The molecule has 0 unspecified atom stereocenters. The molecule has 8 heteroatoms. The number of thiol groups is 2. The van der Waals surface area contributed by atoms with E-state index in [1.54, 1.807) is 0 Å². The number of nitrogens with zero attached hydrogens (tertiary/aromatic N) is 2. The first-order valence-corrected chi connectivity index (χ1v) is 28.6. The zero-order valence-corrected chi connectivity index (χ0v) is 41.1. The summed E-state index contributed by atoms with van der Waals surface area (Å²) in [7, 11) is 7.00. The van der Waals surface area contributed by atoms with Crippen LogP contribution in [0.5, 0.6) is 0 Å². The van der Waals surface area contributed by atoms with Crippen LogP contribution in [0.25, 0.3) is 11.1 Å². The second-order valence-corrected chi connectivity index (χ2v) is 15.3. The van der Waals surface area contributed by atoms with Gasteiger partial charge in [-0.2, -0.15) is 0 Å². The van der Waals surface area contributed by atoms with Crippen molar-refractivity contribution in [2.75, 3.05) is 0 Å². The van der Waals surface area contributed by atoms with Crippen molar-refractivity contribution in [3.63, 3.8) is 0 Å². The van der Waals surface area contributed by atoms with Crippen LogP contribution in [0, 0.1) is 0 Å². The Labute approximate surface area is 373 Å². The standard InChI is InChI=1S/C46H82N2.2FH.2HIS/c1-3-5-7-9-11-13-15-17-19-21-23-25-27-29-31-33-39-47-41-35-45(36-42-47)46-37-43-48(44-38-46)40-34-32-30-28-26-24-22-20-18-16-14-12-10-8-6-4-2;;;2*1-2/h35-38,41-44H,3-34,39-40H2,1-2H3;2*1H;2*2H/q+2;;;;/i/hT2. The Kier molecular flexibility index (Phi) is 49.8. The number of aryl methyl sites for hydroxylation is 2. The number of hydrogen-bond acceptors (Lipinski definition) is 2. The van der Waals surface area contributed by atoms with Crippen LogP contribution in [-0.4, -0.2) is 2.90 Å². The fraction of sp³-hybridized carbons (Fsp3) is 0.783. The molecule has 2 aromatic heterocycles. The van der Waals surface area contributed by atoms with Gasteiger partial charge in [-0.05, 0) is 66.4 Å². The van der Waals surface area contributed by atoms with E-state index in [0.717, 1.165) is 13.1 Å². The first-order valence-electron chi connectivity index (χ1n) is 22.9. The van der Waals surface area contributed by atoms with Crippen molar-refractivity contribution in [1.82, 2.24) is 0 Å². The van der Waals surface area contributed by atoms with Crippen LogP contribution < -0.4 is 9.13 Å². The lowest BCUT2D eigenvalue weighted by Gasteiger charge is -2.04. The van der Waals surface area contributed by atoms with E-state index in [1.807, 2.05) is 42.4 Å². The Morgan fingerprint density at radius 2 is 0.519 bits per heavy atom. The van der Waals surface area contributed by atoms with E-state index < -0.39 is 0 Å². The van der Waals surface area contributed by atoms with E-state index in [9.17, 15) is 0 Å². The van der Waals surface area contributed by atoms with Gasteiger partial charge in [0.1, 0.15) is 13.1 Å². The minimum Gasteiger partial charge on any atom is -0.269 e. The first-order chi connectivity index (χ1) is 27.8. The van der Waals surface area contributed by atoms with Crippen LogP contribution in [0.15, 0.2) is 49.1 Å². The fourth-order valence-corrected chi connectivity index (χ4v) is 7.28. The molecule has 0 fully saturated rings. The summed E-state index contributed by atoms with van der Waals surface area (Å²) in [6.45, 7) is 6.90. The van der Waals surface area contributed by atoms with Crippen LogP contribution in [0.2, 0.25) is 0 Å². The Bertz CT molecular complexity index is 890. The van der Waals surface area contributed by atoms with Crippen LogP contribution in [-0.2, 0) is 13.1 Å². The molecular formula is C46H86F2I2N2S2+2. The summed E-state index contributed by atoms with van der Waals surface area (Å²) in [4.78, 5) is 0. The lowest BCUT2D eigenvalue weighted by atomic mass is 10.0. The third kappa shape index (κ3) is 37.9. The van der Waals surface area contributed by atoms with Gasteiger partial charge in [0.2, 0.25) is 0 Å². The molecule has 54 heavy (non-hydrogen) atoms. The topological polar surface area (TPSA) is 7.76 Å². The Morgan fingerprint density at radius 1 is 0.352 bits per heavy atom. The van der Waals surface area contributed by atoms with Gasteiger partial charge in [-0.15, -0.1) is 19.6 Å². The second kappa shape index (κ2) is 49.5. The number of rotatable bonds is 35. The first kappa shape index (κ1) is 54.3. The van der Waals surface area contributed by atoms with E-state index >= 15 is 0 Å². The normalized spacial score (nSPS) is 10.7. The van der Waals surface area contributed by atoms with Gasteiger partial charge >= 0.3 is 0 Å². The van der Waals surface area contributed by atoms with Crippen LogP contribution in [0.1, 0.15) is 219 Å². The summed E-state index contributed by atoms with van der Waals surface area (Å²) >= 11 is 3.69. The maximum Gasteiger partial charge on any atom is 0.269 e. The van der Waals surface area contributed by atoms with Gasteiger partial charge in [-0.3, -0.25) is 9.44 Å². The van der Waals surface area contributed by atoms with E-state index in [4.69, 9.17) is 9.44 Å². The Balaban J connectivity index is -0.00000329. The molecular weight excluding hydrogens is 936 g/mol. The van der Waals surface area contributed by atoms with E-state index in [0.29, 0.717) is 0 Å². The van der Waals surface area contributed by atoms with Crippen LogP contribution >= 0.6 is 62.0 Å². The number of aromatic nitrogens is 2. The largest absolute Gasteiger partial charge is 0.269 e. The molecule has 0 bridgehead atoms. The number of hydrogen-bond donors (Lipinski definition) is 2. The monoisotopic (exact) mass is 1030 g/mol. The molecule has 318 valence electrons. The highest BCUT2D eigenvalue weighted by atomic mass is 127. The zero-order chi connectivity index (χ0) is 42.0. The molecule has 2 nitrogen and oxygen atoms in total. The molecule has 0 aliphatic carbocycles. The maximum absolute atomic E-state index is 8.75. The highest BCUT2D eigenvalue weighted by molar-refractivity contribution is 14.2. The van der Waals surface area contributed by atoms with Crippen molar-refractivity contribution in [2.45, 2.75) is 232 Å². The van der Waals surface area contributed by atoms with E-state index in [-0.39, 0.29) is 0 Å². The average Bonchev–Trinajstić information content (AvgIpc) is 3.26. The molecule has 2 heterocycles. The summed E-state index contributed by atoms with van der Waals surface area (Å²) in [6, 6.07) is 9.17. The molecule has 0 aliphatic heterocycles. The summed E-state index contributed by atoms with van der Waals surface area (Å²) in [6.07, 6.45) is 54.9. The Morgan fingerprint density at radius 3 is 0.704 bits per heavy atom. The lowest BCUT2D eigenvalue weighted by Crippen LogP contribution is -2.33. The smallest absolute Gasteiger partial charge is 0.269 e. The number of unbranched alkanes of at least 4 members (excludes halogenated alkanes) is 30. The van der Waals surface area contributed by atoms with E-state index in [2.05, 4.69) is 94.5 Å². The summed E-state index contributed by atoms with van der Waals surface area (Å²) < 4.78 is 30.7. The second-order valence-electron chi connectivity index (χ2n) is 15.3. The van der Waals surface area contributed by atoms with Crippen molar-refractivity contribution in [2.24, 2.45) is 0 Å². The minimum atomic E-state index is 1.15. The Hall–Kier alpha value is 0.320. The fourth-order valence-electron chi connectivity index (χ4n) is 7.28. The lowest BCUT2D eigenvalue weighted by molar-refractivity contribution is -0.697. The van der Waals surface area contributed by atoms with Gasteiger partial charge < -0.3 is 0 Å². The highest BCUT2D eigenvalue weighted by Gasteiger charge is 2.06. The maximum atomic E-state index is 8.75. The third-order valence-corrected chi connectivity index (χ3v) is 10.7. The molecule has 0 saturated carbocycles. The van der Waals surface area contributed by atoms with Crippen molar-refractivity contribution < 1.29 is 18.6 Å². The van der Waals surface area contributed by atoms with Gasteiger partial charge in [-0.1, -0.05) is 194 Å². The summed E-state index contributed by atoms with van der Waals surface area (Å²) in [5, 5.41) is 0. The van der Waals surface area contributed by atoms with Gasteiger partial charge in [0.05, 0.1) is 0 Å². The molecule has 0 amide bonds. The molecule has 2 rings (SSSR count). The summed E-state index contributed by atoms with van der Waals surface area (Å²) in [5.41, 5.74) is 2.65. The molecule has 0 spiro atoms. The molecule has 0 radical (unpaired) electrons. The van der Waals surface area contributed by atoms with Gasteiger partial charge in [0.15, 0.2) is 24.8 Å². The van der Waals surface area contributed by atoms with Crippen LogP contribution in [0.4, 0.5) is 9.44 Å². The SMILES string of the molecule is CCCCCCCCCCCCCCCCCC[n+]1ccc(-c2cc[n+](CCCCCCCCCCCCCCCCCC)cc2)cc1.SI.SI.[3H]F.[3H]F. The zero-order valence-electron chi connectivity index (χ0n) is 37.0. The number of pyridine rings is 2. The molecule has 0 aromatic carbocycles. The highest BCUT2D eigenvalue weighted by Crippen LogP contribution is 2.17. The van der Waals surface area contributed by atoms with Gasteiger partial charge in [0, 0.05) is 37.1 Å². The van der Waals surface area contributed by atoms with Crippen molar-refractivity contribution in [3.8, 4) is 11.1 Å². The molecule has 0 atom stereocenters. The molecule has 0 saturated heterocycles. The predicted molar refractivity (Wildman–Crippen MR) is 262 cm³/mol. The molecule has 0 N–H and O–H groups in total. The minimum absolute atomic E-state index is 1.15. The van der Waals surface area contributed by atoms with Gasteiger partial charge in [0.25, 0.3) is 2.90 Å². The quantitative estimate of drug-likeness (QED) is 0.0294. The number of halogens is 4. The van der Waals surface area contributed by atoms with E-state index in [1.165, 1.54) is 217 Å².